The molecule has 1 aliphatic carbocycles. The molecule has 0 atom stereocenters. The van der Waals surface area contributed by atoms with E-state index in [1.54, 1.807) is 29.8 Å². The van der Waals surface area contributed by atoms with Gasteiger partial charge in [-0.2, -0.15) is 0 Å². The molecule has 0 saturated carbocycles. The average Bonchev–Trinajstić information content (AvgIpc) is 3.24. The van der Waals surface area contributed by atoms with Crippen molar-refractivity contribution in [3.8, 4) is 5.75 Å². The predicted octanol–water partition coefficient (Wildman–Crippen LogP) is 4.68. The maximum atomic E-state index is 13.0. The third-order valence-electron chi connectivity index (χ3n) is 4.68. The number of thiazole rings is 1. The number of aryl methyl sites for hydroxylation is 1. The van der Waals surface area contributed by atoms with Crippen LogP contribution in [0.15, 0.2) is 35.8 Å². The first-order valence-corrected chi connectivity index (χ1v) is 10.8. The third kappa shape index (κ3) is 3.79. The molecule has 3 N–H and O–H groups in total. The van der Waals surface area contributed by atoms with E-state index in [-0.39, 0.29) is 17.2 Å². The van der Waals surface area contributed by atoms with Crippen LogP contribution in [0.1, 0.15) is 50.4 Å². The van der Waals surface area contributed by atoms with Crippen molar-refractivity contribution in [3.05, 3.63) is 57.4 Å². The number of nitrogens with one attached hydrogen (secondary N) is 2. The summed E-state index contributed by atoms with van der Waals surface area (Å²) < 4.78 is 0. The van der Waals surface area contributed by atoms with Crippen LogP contribution in [0.3, 0.4) is 0 Å². The molecule has 2 heterocycles. The summed E-state index contributed by atoms with van der Waals surface area (Å²) in [6.45, 7) is 0. The van der Waals surface area contributed by atoms with Gasteiger partial charge in [0.2, 0.25) is 0 Å². The Morgan fingerprint density at radius 2 is 1.86 bits per heavy atom. The molecule has 1 aromatic carbocycles. The van der Waals surface area contributed by atoms with Gasteiger partial charge in [-0.25, -0.2) is 4.98 Å². The van der Waals surface area contributed by atoms with E-state index in [0.29, 0.717) is 15.7 Å². The minimum absolute atomic E-state index is 0.0908. The van der Waals surface area contributed by atoms with Gasteiger partial charge in [-0.3, -0.25) is 14.9 Å². The van der Waals surface area contributed by atoms with E-state index in [0.717, 1.165) is 42.5 Å². The monoisotopic (exact) mass is 413 g/mol. The number of para-hydroxylation sites is 1. The number of rotatable bonds is 4. The van der Waals surface area contributed by atoms with Gasteiger partial charge < -0.3 is 10.4 Å². The zero-order valence-corrected chi connectivity index (χ0v) is 16.7. The van der Waals surface area contributed by atoms with Crippen molar-refractivity contribution in [1.82, 2.24) is 4.98 Å². The first-order chi connectivity index (χ1) is 13.6. The van der Waals surface area contributed by atoms with Gasteiger partial charge in [0.05, 0.1) is 11.1 Å². The summed E-state index contributed by atoms with van der Waals surface area (Å²) >= 11 is 2.80. The number of anilines is 2. The number of aromatic hydroxyl groups is 1. The minimum atomic E-state index is -0.433. The highest BCUT2D eigenvalue weighted by Crippen LogP contribution is 2.38. The molecule has 0 saturated heterocycles. The molecule has 8 heteroatoms. The number of phenolic OH excluding ortho intramolecular Hbond substituents is 1. The van der Waals surface area contributed by atoms with Crippen molar-refractivity contribution < 1.29 is 14.7 Å². The molecule has 0 bridgehead atoms. The number of hydrogen-bond donors (Lipinski definition) is 3. The van der Waals surface area contributed by atoms with Gasteiger partial charge in [0, 0.05) is 16.5 Å². The van der Waals surface area contributed by atoms with Crippen molar-refractivity contribution in [2.45, 2.75) is 32.1 Å². The van der Waals surface area contributed by atoms with Crippen LogP contribution in [-0.4, -0.2) is 21.9 Å². The zero-order valence-electron chi connectivity index (χ0n) is 15.0. The Morgan fingerprint density at radius 1 is 1.04 bits per heavy atom. The van der Waals surface area contributed by atoms with Gasteiger partial charge in [0.1, 0.15) is 10.8 Å². The lowest BCUT2D eigenvalue weighted by atomic mass is 10.0. The summed E-state index contributed by atoms with van der Waals surface area (Å²) in [5.74, 6) is -0.786. The smallest absolute Gasteiger partial charge is 0.260 e. The fraction of sp³-hybridized carbons (Fsp3) is 0.250. The number of carbonyl (C=O) groups is 2. The molecule has 28 heavy (non-hydrogen) atoms. The van der Waals surface area contributed by atoms with E-state index in [1.165, 1.54) is 28.7 Å². The third-order valence-corrected chi connectivity index (χ3v) is 6.57. The number of thiophene rings is 1. The highest BCUT2D eigenvalue weighted by molar-refractivity contribution is 7.17. The summed E-state index contributed by atoms with van der Waals surface area (Å²) in [6, 6.07) is 6.37. The summed E-state index contributed by atoms with van der Waals surface area (Å²) in [5.41, 5.74) is 1.71. The van der Waals surface area contributed by atoms with Crippen molar-refractivity contribution in [3.63, 3.8) is 0 Å². The van der Waals surface area contributed by atoms with Crippen LogP contribution in [0.5, 0.6) is 5.75 Å². The van der Waals surface area contributed by atoms with Crippen molar-refractivity contribution >= 4 is 44.6 Å². The standard InChI is InChI=1S/C20H19N3O3S2/c24-14-8-5-4-6-12(14)17(25)22-19-16(18(26)23-20-21-10-11-27-20)13-7-2-1-3-9-15(13)28-19/h4-6,8,10-11,24H,1-3,7,9H2,(H,22,25)(H,21,23,26). The van der Waals surface area contributed by atoms with Crippen LogP contribution in [0.25, 0.3) is 0 Å². The quantitative estimate of drug-likeness (QED) is 0.542. The maximum absolute atomic E-state index is 13.0. The van der Waals surface area contributed by atoms with Gasteiger partial charge in [-0.1, -0.05) is 18.6 Å². The number of aromatic nitrogens is 1. The number of nitrogens with zero attached hydrogens (tertiary/aromatic N) is 1. The Hall–Kier alpha value is -2.71. The second kappa shape index (κ2) is 8.12. The number of hydrogen-bond acceptors (Lipinski definition) is 6. The zero-order chi connectivity index (χ0) is 19.5. The fourth-order valence-corrected chi connectivity index (χ4v) is 5.16. The second-order valence-electron chi connectivity index (χ2n) is 6.53. The summed E-state index contributed by atoms with van der Waals surface area (Å²) in [4.78, 5) is 31.0. The molecule has 2 amide bonds. The summed E-state index contributed by atoms with van der Waals surface area (Å²) in [6.07, 6.45) is 6.59. The Kier molecular flexibility index (Phi) is 5.40. The van der Waals surface area contributed by atoms with E-state index in [1.807, 2.05) is 0 Å². The topological polar surface area (TPSA) is 91.3 Å². The molecule has 3 aromatic rings. The van der Waals surface area contributed by atoms with Gasteiger partial charge in [0.25, 0.3) is 11.8 Å². The molecule has 0 fully saturated rings. The summed E-state index contributed by atoms with van der Waals surface area (Å²) in [5, 5.41) is 18.5. The molecule has 6 nitrogen and oxygen atoms in total. The molecule has 4 rings (SSSR count). The van der Waals surface area contributed by atoms with Gasteiger partial charge in [-0.05, 0) is 43.4 Å². The average molecular weight is 414 g/mol. The predicted molar refractivity (Wildman–Crippen MR) is 112 cm³/mol. The lowest BCUT2D eigenvalue weighted by molar-refractivity contribution is 0.102. The lowest BCUT2D eigenvalue weighted by Crippen LogP contribution is -2.18. The lowest BCUT2D eigenvalue weighted by Gasteiger charge is -2.09. The van der Waals surface area contributed by atoms with Crippen LogP contribution in [0.2, 0.25) is 0 Å². The normalized spacial score (nSPS) is 13.4. The molecular formula is C20H19N3O3S2. The van der Waals surface area contributed by atoms with Crippen LogP contribution in [-0.2, 0) is 12.8 Å². The van der Waals surface area contributed by atoms with E-state index in [9.17, 15) is 14.7 Å². The molecule has 0 spiro atoms. The van der Waals surface area contributed by atoms with E-state index >= 15 is 0 Å². The number of fused-ring (bicyclic) bond motifs is 1. The van der Waals surface area contributed by atoms with Gasteiger partial charge in [-0.15, -0.1) is 22.7 Å². The maximum Gasteiger partial charge on any atom is 0.260 e. The Morgan fingerprint density at radius 3 is 2.64 bits per heavy atom. The highest BCUT2D eigenvalue weighted by Gasteiger charge is 2.26. The molecule has 0 radical (unpaired) electrons. The molecule has 144 valence electrons. The molecule has 0 aliphatic heterocycles. The number of carbonyl (C=O) groups excluding carboxylic acids is 2. The highest BCUT2D eigenvalue weighted by atomic mass is 32.1. The Balaban J connectivity index is 1.69. The molecule has 2 aromatic heterocycles. The Labute approximate surface area is 170 Å². The van der Waals surface area contributed by atoms with Crippen LogP contribution >= 0.6 is 22.7 Å². The Bertz CT molecular complexity index is 1010. The van der Waals surface area contributed by atoms with Crippen LogP contribution in [0.4, 0.5) is 10.1 Å². The van der Waals surface area contributed by atoms with Crippen LogP contribution < -0.4 is 10.6 Å². The molecular weight excluding hydrogens is 394 g/mol. The van der Waals surface area contributed by atoms with Gasteiger partial charge in [0.15, 0.2) is 5.13 Å². The van der Waals surface area contributed by atoms with Crippen LogP contribution in [0, 0.1) is 0 Å². The van der Waals surface area contributed by atoms with E-state index in [2.05, 4.69) is 15.6 Å². The second-order valence-corrected chi connectivity index (χ2v) is 8.53. The van der Waals surface area contributed by atoms with Crippen molar-refractivity contribution in [2.75, 3.05) is 10.6 Å². The molecule has 1 aliphatic rings. The van der Waals surface area contributed by atoms with E-state index in [4.69, 9.17) is 0 Å². The van der Waals surface area contributed by atoms with Crippen molar-refractivity contribution in [1.29, 1.82) is 0 Å². The number of benzene rings is 1. The number of amides is 2. The minimum Gasteiger partial charge on any atom is -0.507 e. The SMILES string of the molecule is O=C(Nc1sc2c(c1C(=O)Nc1nccs1)CCCCC2)c1ccccc1O. The van der Waals surface area contributed by atoms with E-state index < -0.39 is 5.91 Å². The number of phenols is 1. The summed E-state index contributed by atoms with van der Waals surface area (Å²) in [7, 11) is 0. The van der Waals surface area contributed by atoms with Gasteiger partial charge >= 0.3 is 0 Å². The largest absolute Gasteiger partial charge is 0.507 e. The first-order valence-electron chi connectivity index (χ1n) is 9.08. The fourth-order valence-electron chi connectivity index (χ4n) is 3.35. The molecule has 0 unspecified atom stereocenters. The van der Waals surface area contributed by atoms with Crippen molar-refractivity contribution in [2.24, 2.45) is 0 Å². The first kappa shape index (κ1) is 18.6.